The lowest BCUT2D eigenvalue weighted by Gasteiger charge is -2.36. The molecule has 1 atom stereocenters. The molecule has 0 saturated carbocycles. The van der Waals surface area contributed by atoms with Crippen molar-refractivity contribution in [2.75, 3.05) is 18.0 Å². The van der Waals surface area contributed by atoms with Gasteiger partial charge in [-0.15, -0.1) is 0 Å². The van der Waals surface area contributed by atoms with Crippen molar-refractivity contribution in [3.63, 3.8) is 0 Å². The Hall–Kier alpha value is -1.56. The molecule has 126 valence electrons. The number of aldehydes is 1. The molecule has 1 saturated heterocycles. The van der Waals surface area contributed by atoms with Gasteiger partial charge in [0.05, 0.1) is 5.69 Å². The van der Waals surface area contributed by atoms with E-state index in [1.807, 2.05) is 32.9 Å². The maximum absolute atomic E-state index is 11.9. The highest BCUT2D eigenvalue weighted by molar-refractivity contribution is 9.10. The Labute approximate surface area is 145 Å². The molecule has 0 spiro atoms. The van der Waals surface area contributed by atoms with Gasteiger partial charge in [0.15, 0.2) is 6.29 Å². The van der Waals surface area contributed by atoms with E-state index in [0.29, 0.717) is 12.1 Å². The molecule has 0 radical (unpaired) electrons. The van der Waals surface area contributed by atoms with E-state index >= 15 is 0 Å². The van der Waals surface area contributed by atoms with E-state index in [0.717, 1.165) is 35.8 Å². The standard InChI is InChI=1S/C17H23BrN2O3/c1-17(2,3)23-16(22)19-13-7-5-9-20(10-13)15-12(11-21)6-4-8-14(15)18/h4,6,8,11,13H,5,7,9-10H2,1-3H3,(H,19,22). The minimum Gasteiger partial charge on any atom is -0.444 e. The van der Waals surface area contributed by atoms with Crippen molar-refractivity contribution >= 4 is 34.0 Å². The van der Waals surface area contributed by atoms with Gasteiger partial charge >= 0.3 is 6.09 Å². The topological polar surface area (TPSA) is 58.6 Å². The Bertz CT molecular complexity index is 584. The molecule has 0 aliphatic carbocycles. The molecule has 0 aromatic heterocycles. The zero-order valence-electron chi connectivity index (χ0n) is 13.8. The first-order chi connectivity index (χ1) is 10.8. The van der Waals surface area contributed by atoms with Crippen LogP contribution >= 0.6 is 15.9 Å². The summed E-state index contributed by atoms with van der Waals surface area (Å²) < 4.78 is 6.20. The maximum atomic E-state index is 11.9. The fourth-order valence-corrected chi connectivity index (χ4v) is 3.37. The summed E-state index contributed by atoms with van der Waals surface area (Å²) in [4.78, 5) is 25.4. The summed E-state index contributed by atoms with van der Waals surface area (Å²) in [6.07, 6.45) is 2.31. The van der Waals surface area contributed by atoms with E-state index in [9.17, 15) is 9.59 Å². The van der Waals surface area contributed by atoms with Gasteiger partial charge in [-0.2, -0.15) is 0 Å². The fraction of sp³-hybridized carbons (Fsp3) is 0.529. The second-order valence-corrected chi connectivity index (χ2v) is 7.58. The molecule has 1 aliphatic rings. The average Bonchev–Trinajstić information content (AvgIpc) is 2.45. The number of rotatable bonds is 3. The third-order valence-corrected chi connectivity index (χ3v) is 4.24. The molecule has 1 amide bonds. The van der Waals surface area contributed by atoms with Crippen LogP contribution in [-0.4, -0.2) is 37.1 Å². The molecule has 0 bridgehead atoms. The predicted molar refractivity (Wildman–Crippen MR) is 94.1 cm³/mol. The molecule has 1 aliphatic heterocycles. The zero-order chi connectivity index (χ0) is 17.0. The van der Waals surface area contributed by atoms with Gasteiger partial charge in [0, 0.05) is 29.2 Å². The van der Waals surface area contributed by atoms with Crippen LogP contribution in [0.3, 0.4) is 0 Å². The van der Waals surface area contributed by atoms with Gasteiger partial charge < -0.3 is 15.0 Å². The number of halogens is 1. The van der Waals surface area contributed by atoms with Crippen LogP contribution in [0, 0.1) is 0 Å². The quantitative estimate of drug-likeness (QED) is 0.808. The summed E-state index contributed by atoms with van der Waals surface area (Å²) in [5.74, 6) is 0. The van der Waals surface area contributed by atoms with Crippen LogP contribution in [0.15, 0.2) is 22.7 Å². The third-order valence-electron chi connectivity index (χ3n) is 3.60. The lowest BCUT2D eigenvalue weighted by atomic mass is 10.0. The number of alkyl carbamates (subject to hydrolysis) is 1. The van der Waals surface area contributed by atoms with Crippen molar-refractivity contribution < 1.29 is 14.3 Å². The highest BCUT2D eigenvalue weighted by Crippen LogP contribution is 2.31. The zero-order valence-corrected chi connectivity index (χ0v) is 15.4. The number of nitrogens with one attached hydrogen (secondary N) is 1. The van der Waals surface area contributed by atoms with E-state index in [1.165, 1.54) is 0 Å². The highest BCUT2D eigenvalue weighted by Gasteiger charge is 2.26. The van der Waals surface area contributed by atoms with Crippen molar-refractivity contribution in [2.24, 2.45) is 0 Å². The summed E-state index contributed by atoms with van der Waals surface area (Å²) in [6.45, 7) is 7.05. The molecule has 1 fully saturated rings. The van der Waals surface area contributed by atoms with Gasteiger partial charge in [-0.05, 0) is 61.7 Å². The smallest absolute Gasteiger partial charge is 0.407 e. The molecular formula is C17H23BrN2O3. The number of carbonyl (C=O) groups excluding carboxylic acids is 2. The van der Waals surface area contributed by atoms with Crippen LogP contribution in [0.5, 0.6) is 0 Å². The minimum absolute atomic E-state index is 0.00482. The Balaban J connectivity index is 2.07. The Kier molecular flexibility index (Phi) is 5.68. The van der Waals surface area contributed by atoms with Crippen molar-refractivity contribution in [3.8, 4) is 0 Å². The first kappa shape index (κ1) is 17.8. The minimum atomic E-state index is -0.508. The summed E-state index contributed by atoms with van der Waals surface area (Å²) in [5.41, 5.74) is 1.03. The molecule has 23 heavy (non-hydrogen) atoms. The second kappa shape index (κ2) is 7.34. The average molecular weight is 383 g/mol. The highest BCUT2D eigenvalue weighted by atomic mass is 79.9. The largest absolute Gasteiger partial charge is 0.444 e. The van der Waals surface area contributed by atoms with Crippen LogP contribution in [-0.2, 0) is 4.74 Å². The second-order valence-electron chi connectivity index (χ2n) is 6.73. The summed E-state index contributed by atoms with van der Waals surface area (Å²) in [6, 6.07) is 5.58. The first-order valence-corrected chi connectivity index (χ1v) is 8.57. The number of hydrogen-bond donors (Lipinski definition) is 1. The third kappa shape index (κ3) is 4.96. The summed E-state index contributed by atoms with van der Waals surface area (Å²) in [7, 11) is 0. The van der Waals surface area contributed by atoms with E-state index in [-0.39, 0.29) is 6.04 Å². The molecule has 2 rings (SSSR count). The van der Waals surface area contributed by atoms with Crippen molar-refractivity contribution in [3.05, 3.63) is 28.2 Å². The Morgan fingerprint density at radius 1 is 1.43 bits per heavy atom. The maximum Gasteiger partial charge on any atom is 0.407 e. The number of para-hydroxylation sites is 1. The number of ether oxygens (including phenoxy) is 1. The van der Waals surface area contributed by atoms with Gasteiger partial charge in [-0.25, -0.2) is 4.79 Å². The fourth-order valence-electron chi connectivity index (χ4n) is 2.73. The molecular weight excluding hydrogens is 360 g/mol. The van der Waals surface area contributed by atoms with Gasteiger partial charge in [0.25, 0.3) is 0 Å². The predicted octanol–water partition coefficient (Wildman–Crippen LogP) is 3.76. The van der Waals surface area contributed by atoms with E-state index in [4.69, 9.17) is 4.74 Å². The normalized spacial score (nSPS) is 18.4. The number of carbonyl (C=O) groups is 2. The van der Waals surface area contributed by atoms with Gasteiger partial charge in [0.2, 0.25) is 0 Å². The molecule has 1 aromatic carbocycles. The SMILES string of the molecule is CC(C)(C)OC(=O)NC1CCCN(c2c(Br)cccc2C=O)C1. The van der Waals surface area contributed by atoms with Gasteiger partial charge in [-0.3, -0.25) is 4.79 Å². The summed E-state index contributed by atoms with van der Waals surface area (Å²) >= 11 is 3.52. The molecule has 1 aromatic rings. The van der Waals surface area contributed by atoms with Crippen molar-refractivity contribution in [1.29, 1.82) is 0 Å². The number of amides is 1. The van der Waals surface area contributed by atoms with Crippen LogP contribution < -0.4 is 10.2 Å². The van der Waals surface area contributed by atoms with Gasteiger partial charge in [-0.1, -0.05) is 6.07 Å². The molecule has 5 nitrogen and oxygen atoms in total. The monoisotopic (exact) mass is 382 g/mol. The van der Waals surface area contributed by atoms with E-state index in [2.05, 4.69) is 26.1 Å². The molecule has 1 heterocycles. The molecule has 1 N–H and O–H groups in total. The number of piperidine rings is 1. The van der Waals surface area contributed by atoms with Crippen LogP contribution in [0.25, 0.3) is 0 Å². The number of anilines is 1. The lowest BCUT2D eigenvalue weighted by Crippen LogP contribution is -2.49. The van der Waals surface area contributed by atoms with Crippen LogP contribution in [0.4, 0.5) is 10.5 Å². The number of benzene rings is 1. The Morgan fingerprint density at radius 3 is 2.83 bits per heavy atom. The van der Waals surface area contributed by atoms with E-state index in [1.54, 1.807) is 6.07 Å². The number of nitrogens with zero attached hydrogens (tertiary/aromatic N) is 1. The molecule has 1 unspecified atom stereocenters. The van der Waals surface area contributed by atoms with Crippen LogP contribution in [0.1, 0.15) is 44.0 Å². The Morgan fingerprint density at radius 2 is 2.17 bits per heavy atom. The molecule has 6 heteroatoms. The van der Waals surface area contributed by atoms with Crippen molar-refractivity contribution in [2.45, 2.75) is 45.3 Å². The van der Waals surface area contributed by atoms with Gasteiger partial charge in [0.1, 0.15) is 5.60 Å². The lowest BCUT2D eigenvalue weighted by molar-refractivity contribution is 0.0499. The first-order valence-electron chi connectivity index (χ1n) is 7.78. The van der Waals surface area contributed by atoms with Crippen LogP contribution in [0.2, 0.25) is 0 Å². The summed E-state index contributed by atoms with van der Waals surface area (Å²) in [5, 5.41) is 2.93. The van der Waals surface area contributed by atoms with Crippen molar-refractivity contribution in [1.82, 2.24) is 5.32 Å². The number of hydrogen-bond acceptors (Lipinski definition) is 4. The van der Waals surface area contributed by atoms with E-state index < -0.39 is 11.7 Å².